The lowest BCUT2D eigenvalue weighted by Gasteiger charge is -2.27. The molecule has 8 nitrogen and oxygen atoms in total. The zero-order valence-corrected chi connectivity index (χ0v) is 14.5. The molecule has 26 heavy (non-hydrogen) atoms. The molecule has 1 unspecified atom stereocenters. The minimum absolute atomic E-state index is 0.0379. The summed E-state index contributed by atoms with van der Waals surface area (Å²) < 4.78 is 14.5. The van der Waals surface area contributed by atoms with E-state index in [1.807, 2.05) is 0 Å². The van der Waals surface area contributed by atoms with Gasteiger partial charge in [0.25, 0.3) is 11.8 Å². The van der Waals surface area contributed by atoms with Gasteiger partial charge in [-0.3, -0.25) is 29.4 Å². The van der Waals surface area contributed by atoms with E-state index in [9.17, 15) is 23.6 Å². The quantitative estimate of drug-likeness (QED) is 0.709. The first-order valence-electron chi connectivity index (χ1n) is 8.26. The lowest BCUT2D eigenvalue weighted by atomic mass is 10.0. The molecular weight excluding hydrogens is 343 g/mol. The summed E-state index contributed by atoms with van der Waals surface area (Å²) in [6.07, 6.45) is 0.101. The van der Waals surface area contributed by atoms with Gasteiger partial charge in [-0.2, -0.15) is 0 Å². The molecular formula is C17H19FN4O4. The molecule has 2 N–H and O–H groups in total. The Morgan fingerprint density at radius 3 is 2.50 bits per heavy atom. The van der Waals surface area contributed by atoms with Crippen LogP contribution in [-0.2, 0) is 9.59 Å². The first kappa shape index (κ1) is 18.0. The maximum Gasteiger partial charge on any atom is 0.262 e. The Morgan fingerprint density at radius 1 is 1.23 bits per heavy atom. The SMILES string of the molecule is CNCCN(C)c1cc2c(cc1F)C(=O)N(C1CCC(=O)NC1=O)C2=O. The maximum absolute atomic E-state index is 14.5. The number of carbonyl (C=O) groups excluding carboxylic acids is 4. The second kappa shape index (κ2) is 6.83. The Kier molecular flexibility index (Phi) is 4.73. The Balaban J connectivity index is 1.92. The fourth-order valence-electron chi connectivity index (χ4n) is 3.17. The van der Waals surface area contributed by atoms with Crippen molar-refractivity contribution in [2.75, 3.05) is 32.1 Å². The molecule has 0 saturated carbocycles. The van der Waals surface area contributed by atoms with E-state index in [0.29, 0.717) is 13.1 Å². The van der Waals surface area contributed by atoms with Crippen molar-refractivity contribution in [1.29, 1.82) is 0 Å². The van der Waals surface area contributed by atoms with E-state index in [2.05, 4.69) is 10.6 Å². The Morgan fingerprint density at radius 2 is 1.88 bits per heavy atom. The molecule has 2 heterocycles. The fourth-order valence-corrected chi connectivity index (χ4v) is 3.17. The standard InChI is InChI=1S/C17H19FN4O4/c1-19-5-6-21(2)13-8-10-9(7-11(13)18)16(25)22(17(10)26)12-3-4-14(23)20-15(12)24/h7-8,12,19H,3-6H2,1-2H3,(H,20,23,24). The summed E-state index contributed by atoms with van der Waals surface area (Å²) in [6, 6.07) is 1.31. The number of anilines is 1. The van der Waals surface area contributed by atoms with Crippen molar-refractivity contribution in [2.45, 2.75) is 18.9 Å². The zero-order valence-electron chi connectivity index (χ0n) is 14.5. The van der Waals surface area contributed by atoms with Crippen LogP contribution in [0.25, 0.3) is 0 Å². The van der Waals surface area contributed by atoms with Gasteiger partial charge in [-0.25, -0.2) is 4.39 Å². The summed E-state index contributed by atoms with van der Waals surface area (Å²) in [4.78, 5) is 51.1. The molecule has 1 aromatic rings. The molecule has 9 heteroatoms. The van der Waals surface area contributed by atoms with Gasteiger partial charge < -0.3 is 10.2 Å². The molecule has 3 rings (SSSR count). The zero-order chi connectivity index (χ0) is 19.0. The van der Waals surface area contributed by atoms with Gasteiger partial charge in [0.15, 0.2) is 0 Å². The molecule has 0 radical (unpaired) electrons. The Bertz CT molecular complexity index is 810. The van der Waals surface area contributed by atoms with Crippen molar-refractivity contribution >= 4 is 29.3 Å². The predicted molar refractivity (Wildman–Crippen MR) is 90.3 cm³/mol. The van der Waals surface area contributed by atoms with E-state index in [1.165, 1.54) is 6.07 Å². The van der Waals surface area contributed by atoms with Crippen LogP contribution in [-0.4, -0.2) is 61.8 Å². The molecule has 0 aliphatic carbocycles. The van der Waals surface area contributed by atoms with E-state index in [-0.39, 0.29) is 29.7 Å². The highest BCUT2D eigenvalue weighted by molar-refractivity contribution is 6.23. The number of halogens is 1. The van der Waals surface area contributed by atoms with Crippen molar-refractivity contribution < 1.29 is 23.6 Å². The van der Waals surface area contributed by atoms with Crippen molar-refractivity contribution in [3.8, 4) is 0 Å². The number of nitrogens with zero attached hydrogens (tertiary/aromatic N) is 2. The summed E-state index contributed by atoms with van der Waals surface area (Å²) in [6.45, 7) is 1.12. The van der Waals surface area contributed by atoms with E-state index in [4.69, 9.17) is 0 Å². The molecule has 0 spiro atoms. The van der Waals surface area contributed by atoms with Gasteiger partial charge in [0, 0.05) is 26.6 Å². The number of imide groups is 2. The number of likely N-dealkylation sites (N-methyl/N-ethyl adjacent to an activating group) is 2. The van der Waals surface area contributed by atoms with Gasteiger partial charge >= 0.3 is 0 Å². The number of hydrogen-bond acceptors (Lipinski definition) is 6. The second-order valence-corrected chi connectivity index (χ2v) is 6.32. The van der Waals surface area contributed by atoms with Crippen molar-refractivity contribution in [1.82, 2.24) is 15.5 Å². The van der Waals surface area contributed by atoms with Gasteiger partial charge in [0.2, 0.25) is 11.8 Å². The van der Waals surface area contributed by atoms with Crippen LogP contribution in [0.15, 0.2) is 12.1 Å². The number of fused-ring (bicyclic) bond motifs is 1. The lowest BCUT2D eigenvalue weighted by molar-refractivity contribution is -0.136. The van der Waals surface area contributed by atoms with Gasteiger partial charge in [-0.1, -0.05) is 0 Å². The monoisotopic (exact) mass is 362 g/mol. The van der Waals surface area contributed by atoms with Crippen LogP contribution < -0.4 is 15.5 Å². The average molecular weight is 362 g/mol. The first-order chi connectivity index (χ1) is 12.3. The van der Waals surface area contributed by atoms with Crippen LogP contribution in [0.3, 0.4) is 0 Å². The smallest absolute Gasteiger partial charge is 0.262 e. The largest absolute Gasteiger partial charge is 0.371 e. The van der Waals surface area contributed by atoms with E-state index >= 15 is 0 Å². The van der Waals surface area contributed by atoms with Gasteiger partial charge in [-0.15, -0.1) is 0 Å². The number of nitrogens with one attached hydrogen (secondary N) is 2. The van der Waals surface area contributed by atoms with Crippen LogP contribution in [0.1, 0.15) is 33.6 Å². The summed E-state index contributed by atoms with van der Waals surface area (Å²) in [5.41, 5.74) is 0.195. The normalized spacial score (nSPS) is 19.7. The Labute approximate surface area is 149 Å². The third-order valence-electron chi connectivity index (χ3n) is 4.62. The topological polar surface area (TPSA) is 98.8 Å². The number of amides is 4. The molecule has 1 fully saturated rings. The molecule has 1 saturated heterocycles. The maximum atomic E-state index is 14.5. The van der Waals surface area contributed by atoms with E-state index in [1.54, 1.807) is 19.0 Å². The number of benzene rings is 1. The van der Waals surface area contributed by atoms with Crippen LogP contribution in [0, 0.1) is 5.82 Å². The minimum atomic E-state index is -1.06. The van der Waals surface area contributed by atoms with Crippen molar-refractivity contribution in [2.24, 2.45) is 0 Å². The molecule has 0 aromatic heterocycles. The van der Waals surface area contributed by atoms with Crippen LogP contribution in [0.4, 0.5) is 10.1 Å². The molecule has 2 aliphatic rings. The number of piperidine rings is 1. The van der Waals surface area contributed by atoms with Crippen LogP contribution >= 0.6 is 0 Å². The molecule has 4 amide bonds. The highest BCUT2D eigenvalue weighted by atomic mass is 19.1. The van der Waals surface area contributed by atoms with Gasteiger partial charge in [0.05, 0.1) is 16.8 Å². The van der Waals surface area contributed by atoms with E-state index < -0.39 is 35.5 Å². The van der Waals surface area contributed by atoms with Crippen LogP contribution in [0.5, 0.6) is 0 Å². The average Bonchev–Trinajstić information content (AvgIpc) is 2.83. The minimum Gasteiger partial charge on any atom is -0.371 e. The summed E-state index contributed by atoms with van der Waals surface area (Å²) in [5.74, 6) is -3.12. The number of rotatable bonds is 5. The predicted octanol–water partition coefficient (Wildman–Crippen LogP) is -0.118. The van der Waals surface area contributed by atoms with Crippen LogP contribution in [0.2, 0.25) is 0 Å². The molecule has 2 aliphatic heterocycles. The number of hydrogen-bond donors (Lipinski definition) is 2. The third kappa shape index (κ3) is 2.94. The van der Waals surface area contributed by atoms with Crippen molar-refractivity contribution in [3.63, 3.8) is 0 Å². The van der Waals surface area contributed by atoms with Gasteiger partial charge in [-0.05, 0) is 25.6 Å². The summed E-state index contributed by atoms with van der Waals surface area (Å²) in [5, 5.41) is 5.07. The van der Waals surface area contributed by atoms with Crippen molar-refractivity contribution in [3.05, 3.63) is 29.1 Å². The second-order valence-electron chi connectivity index (χ2n) is 6.32. The van der Waals surface area contributed by atoms with Gasteiger partial charge in [0.1, 0.15) is 11.9 Å². The summed E-state index contributed by atoms with van der Waals surface area (Å²) >= 11 is 0. The fraction of sp³-hybridized carbons (Fsp3) is 0.412. The molecule has 0 bridgehead atoms. The molecule has 1 atom stereocenters. The summed E-state index contributed by atoms with van der Waals surface area (Å²) in [7, 11) is 3.45. The highest BCUT2D eigenvalue weighted by Crippen LogP contribution is 2.32. The molecule has 138 valence electrons. The highest BCUT2D eigenvalue weighted by Gasteiger charge is 2.45. The number of carbonyl (C=O) groups is 4. The van der Waals surface area contributed by atoms with E-state index in [0.717, 1.165) is 11.0 Å². The first-order valence-corrected chi connectivity index (χ1v) is 8.26. The third-order valence-corrected chi connectivity index (χ3v) is 4.62. The molecule has 1 aromatic carbocycles. The lowest BCUT2D eigenvalue weighted by Crippen LogP contribution is -2.54. The Hall–Kier alpha value is -2.81.